The highest BCUT2D eigenvalue weighted by Crippen LogP contribution is 2.22. The molecule has 0 unspecified atom stereocenters. The number of amides is 1. The summed E-state index contributed by atoms with van der Waals surface area (Å²) in [6.07, 6.45) is 5.20. The Kier molecular flexibility index (Phi) is 7.61. The normalized spacial score (nSPS) is 14.4. The molecule has 1 aromatic heterocycles. The van der Waals surface area contributed by atoms with Crippen LogP contribution in [-0.4, -0.2) is 40.4 Å². The number of hydrazine groups is 1. The van der Waals surface area contributed by atoms with Gasteiger partial charge in [-0.05, 0) is 49.5 Å². The van der Waals surface area contributed by atoms with Crippen molar-refractivity contribution >= 4 is 23.3 Å². The van der Waals surface area contributed by atoms with Gasteiger partial charge in [0.1, 0.15) is 11.1 Å². The fourth-order valence-corrected chi connectivity index (χ4v) is 3.67. The van der Waals surface area contributed by atoms with Crippen molar-refractivity contribution in [1.82, 2.24) is 20.3 Å². The van der Waals surface area contributed by atoms with E-state index in [9.17, 15) is 4.79 Å². The third-order valence-electron chi connectivity index (χ3n) is 4.94. The van der Waals surface area contributed by atoms with Gasteiger partial charge in [0.05, 0.1) is 6.20 Å². The van der Waals surface area contributed by atoms with Gasteiger partial charge >= 0.3 is 0 Å². The number of hydrogen-bond donors (Lipinski definition) is 1. The van der Waals surface area contributed by atoms with Crippen molar-refractivity contribution in [3.63, 3.8) is 0 Å². The van der Waals surface area contributed by atoms with Gasteiger partial charge in [0.15, 0.2) is 5.82 Å². The second-order valence-corrected chi connectivity index (χ2v) is 8.36. The fourth-order valence-electron chi connectivity index (χ4n) is 3.48. The molecule has 1 aromatic carbocycles. The number of nitrogens with one attached hydrogen (secondary N) is 1. The van der Waals surface area contributed by atoms with Gasteiger partial charge in [-0.1, -0.05) is 44.0 Å². The van der Waals surface area contributed by atoms with Crippen molar-refractivity contribution in [2.75, 3.05) is 24.6 Å². The van der Waals surface area contributed by atoms with Crippen LogP contribution < -0.4 is 10.4 Å². The van der Waals surface area contributed by atoms with Gasteiger partial charge in [0.25, 0.3) is 5.91 Å². The minimum atomic E-state index is -0.256. The van der Waals surface area contributed by atoms with Crippen molar-refractivity contribution in [1.29, 1.82) is 5.26 Å². The first-order valence-corrected chi connectivity index (χ1v) is 10.7. The average Bonchev–Trinajstić information content (AvgIpc) is 2.74. The summed E-state index contributed by atoms with van der Waals surface area (Å²) >= 11 is 6.24. The summed E-state index contributed by atoms with van der Waals surface area (Å²) in [6.45, 7) is 7.71. The first-order chi connectivity index (χ1) is 14.5. The van der Waals surface area contributed by atoms with E-state index in [0.717, 1.165) is 19.6 Å². The number of nitriles is 1. The molecule has 1 saturated heterocycles. The predicted molar refractivity (Wildman–Crippen MR) is 117 cm³/mol. The van der Waals surface area contributed by atoms with E-state index in [4.69, 9.17) is 16.9 Å². The van der Waals surface area contributed by atoms with Crippen LogP contribution in [-0.2, 0) is 6.54 Å². The van der Waals surface area contributed by atoms with E-state index in [-0.39, 0.29) is 22.7 Å². The lowest BCUT2D eigenvalue weighted by molar-refractivity contribution is 0.0947. The maximum atomic E-state index is 12.9. The lowest BCUT2D eigenvalue weighted by Gasteiger charge is -2.27. The summed E-state index contributed by atoms with van der Waals surface area (Å²) in [5, 5.41) is 10.9. The second kappa shape index (κ2) is 10.4. The number of benzene rings is 1. The summed E-state index contributed by atoms with van der Waals surface area (Å²) in [5.41, 5.74) is 4.63. The van der Waals surface area contributed by atoms with Gasteiger partial charge < -0.3 is 0 Å². The fraction of sp³-hybridized carbons (Fsp3) is 0.455. The minimum Gasteiger partial charge on any atom is -0.299 e. The lowest BCUT2D eigenvalue weighted by Crippen LogP contribution is -2.45. The first kappa shape index (κ1) is 22.0. The van der Waals surface area contributed by atoms with E-state index in [1.165, 1.54) is 31.0 Å². The van der Waals surface area contributed by atoms with E-state index in [1.807, 2.05) is 44.2 Å². The summed E-state index contributed by atoms with van der Waals surface area (Å²) < 4.78 is 0. The van der Waals surface area contributed by atoms with Gasteiger partial charge in [-0.2, -0.15) is 10.2 Å². The van der Waals surface area contributed by atoms with E-state index in [1.54, 1.807) is 5.01 Å². The summed E-state index contributed by atoms with van der Waals surface area (Å²) in [7, 11) is 0. The van der Waals surface area contributed by atoms with Crippen LogP contribution in [0.5, 0.6) is 0 Å². The third kappa shape index (κ3) is 5.91. The Bertz CT molecular complexity index is 903. The Morgan fingerprint density at radius 2 is 1.97 bits per heavy atom. The van der Waals surface area contributed by atoms with Crippen LogP contribution in [0.2, 0.25) is 5.02 Å². The molecular weight excluding hydrogens is 400 g/mol. The molecule has 1 fully saturated rings. The van der Waals surface area contributed by atoms with Gasteiger partial charge in [-0.25, -0.2) is 4.98 Å². The average molecular weight is 427 g/mol. The van der Waals surface area contributed by atoms with Crippen molar-refractivity contribution in [3.05, 3.63) is 52.4 Å². The van der Waals surface area contributed by atoms with E-state index >= 15 is 0 Å². The van der Waals surface area contributed by atoms with Gasteiger partial charge in [-0.3, -0.25) is 20.1 Å². The Labute approximate surface area is 182 Å². The molecule has 7 nitrogen and oxygen atoms in total. The molecule has 30 heavy (non-hydrogen) atoms. The van der Waals surface area contributed by atoms with Gasteiger partial charge in [-0.15, -0.1) is 0 Å². The summed E-state index contributed by atoms with van der Waals surface area (Å²) in [6, 6.07) is 9.58. The highest BCUT2D eigenvalue weighted by Gasteiger charge is 2.19. The lowest BCUT2D eigenvalue weighted by atomic mass is 10.1. The molecule has 2 aromatic rings. The molecule has 3 rings (SSSR count). The van der Waals surface area contributed by atoms with Gasteiger partial charge in [0, 0.05) is 18.7 Å². The molecule has 0 bridgehead atoms. The summed E-state index contributed by atoms with van der Waals surface area (Å²) in [5.74, 6) is 0.286. The number of rotatable bonds is 7. The molecule has 8 heteroatoms. The van der Waals surface area contributed by atoms with Crippen molar-refractivity contribution in [3.8, 4) is 6.07 Å². The number of carbonyl (C=O) groups is 1. The van der Waals surface area contributed by atoms with Crippen LogP contribution in [0.4, 0.5) is 5.82 Å². The number of carbonyl (C=O) groups excluding carboxylic acids is 1. The Morgan fingerprint density at radius 1 is 1.27 bits per heavy atom. The molecule has 158 valence electrons. The number of aromatic nitrogens is 2. The number of hydrogen-bond acceptors (Lipinski definition) is 6. The second-order valence-electron chi connectivity index (χ2n) is 7.96. The highest BCUT2D eigenvalue weighted by atomic mass is 35.5. The summed E-state index contributed by atoms with van der Waals surface area (Å²) in [4.78, 5) is 23.4. The molecule has 1 aliphatic rings. The van der Waals surface area contributed by atoms with Gasteiger partial charge in [0.2, 0.25) is 5.82 Å². The SMILES string of the molecule is CC(C)CN(NC(=O)c1ccc(CN2CCCCC2)cc1)c1nc(C#N)ncc1Cl. The number of likely N-dealkylation sites (tertiary alicyclic amines) is 1. The molecule has 1 aliphatic heterocycles. The molecule has 1 amide bonds. The maximum Gasteiger partial charge on any atom is 0.269 e. The first-order valence-electron chi connectivity index (χ1n) is 10.3. The smallest absolute Gasteiger partial charge is 0.269 e. The highest BCUT2D eigenvalue weighted by molar-refractivity contribution is 6.32. The molecule has 0 aliphatic carbocycles. The Balaban J connectivity index is 1.71. The van der Waals surface area contributed by atoms with E-state index < -0.39 is 0 Å². The topological polar surface area (TPSA) is 85.2 Å². The third-order valence-corrected chi connectivity index (χ3v) is 5.20. The number of anilines is 1. The zero-order chi connectivity index (χ0) is 21.5. The van der Waals surface area contributed by atoms with Crippen LogP contribution >= 0.6 is 11.6 Å². The van der Waals surface area contributed by atoms with Crippen LogP contribution in [0, 0.1) is 17.2 Å². The molecule has 1 N–H and O–H groups in total. The molecular formula is C22H27ClN6O. The Morgan fingerprint density at radius 3 is 2.60 bits per heavy atom. The van der Waals surface area contributed by atoms with E-state index in [2.05, 4.69) is 20.3 Å². The number of halogens is 1. The number of piperidine rings is 1. The zero-order valence-electron chi connectivity index (χ0n) is 17.4. The molecule has 0 spiro atoms. The zero-order valence-corrected chi connectivity index (χ0v) is 18.2. The quantitative estimate of drug-likeness (QED) is 0.678. The molecule has 0 radical (unpaired) electrons. The van der Waals surface area contributed by atoms with Crippen molar-refractivity contribution in [2.24, 2.45) is 5.92 Å². The van der Waals surface area contributed by atoms with E-state index in [0.29, 0.717) is 17.9 Å². The molecule has 0 saturated carbocycles. The van der Waals surface area contributed by atoms with Crippen LogP contribution in [0.3, 0.4) is 0 Å². The van der Waals surface area contributed by atoms with Crippen molar-refractivity contribution < 1.29 is 4.79 Å². The van der Waals surface area contributed by atoms with Crippen molar-refractivity contribution in [2.45, 2.75) is 39.7 Å². The monoisotopic (exact) mass is 426 g/mol. The largest absolute Gasteiger partial charge is 0.299 e. The van der Waals surface area contributed by atoms with Crippen LogP contribution in [0.25, 0.3) is 0 Å². The van der Waals surface area contributed by atoms with Crippen LogP contribution in [0.1, 0.15) is 54.9 Å². The minimum absolute atomic E-state index is 0.000490. The standard InChI is InChI=1S/C22H27ClN6O/c1-16(2)14-29(21-19(23)13-25-20(12-24)26-21)27-22(30)18-8-6-17(7-9-18)15-28-10-4-3-5-11-28/h6-9,13,16H,3-5,10-11,14-15H2,1-2H3,(H,27,30). The Hall–Kier alpha value is -2.69. The predicted octanol–water partition coefficient (Wildman–Crippen LogP) is 3.79. The maximum absolute atomic E-state index is 12.9. The molecule has 0 atom stereocenters. The number of nitrogens with zero attached hydrogens (tertiary/aromatic N) is 5. The molecule has 2 heterocycles. The van der Waals surface area contributed by atoms with Crippen LogP contribution in [0.15, 0.2) is 30.5 Å².